The molecule has 1 aromatic heterocycles. The van der Waals surface area contributed by atoms with Gasteiger partial charge in [0.1, 0.15) is 5.75 Å². The fraction of sp³-hybridized carbons (Fsp3) is 0.214. The van der Waals surface area contributed by atoms with Gasteiger partial charge in [-0.1, -0.05) is 12.1 Å². The molecule has 0 bridgehead atoms. The molecular formula is C14H14FNO2. The lowest BCUT2D eigenvalue weighted by Crippen LogP contribution is -1.99. The fourth-order valence-electron chi connectivity index (χ4n) is 1.59. The first-order valence-corrected chi connectivity index (χ1v) is 5.65. The van der Waals surface area contributed by atoms with Crippen LogP contribution in [0.1, 0.15) is 24.3 Å². The van der Waals surface area contributed by atoms with Crippen LogP contribution in [0.5, 0.6) is 11.5 Å². The van der Waals surface area contributed by atoms with Crippen molar-refractivity contribution in [1.82, 2.24) is 4.98 Å². The van der Waals surface area contributed by atoms with Crippen molar-refractivity contribution in [2.75, 3.05) is 0 Å². The van der Waals surface area contributed by atoms with Gasteiger partial charge in [0.2, 0.25) is 0 Å². The predicted molar refractivity (Wildman–Crippen MR) is 66.1 cm³/mol. The molecule has 0 spiro atoms. The first-order valence-electron chi connectivity index (χ1n) is 5.65. The van der Waals surface area contributed by atoms with E-state index < -0.39 is 11.9 Å². The molecule has 2 rings (SSSR count). The number of aliphatic hydroxyl groups is 1. The van der Waals surface area contributed by atoms with Gasteiger partial charge in [-0.2, -0.15) is 0 Å². The van der Waals surface area contributed by atoms with Crippen molar-refractivity contribution < 1.29 is 14.2 Å². The summed E-state index contributed by atoms with van der Waals surface area (Å²) in [5, 5.41) is 9.59. The lowest BCUT2D eigenvalue weighted by atomic mass is 10.1. The Morgan fingerprint density at radius 1 is 1.28 bits per heavy atom. The second kappa shape index (κ2) is 5.14. The van der Waals surface area contributed by atoms with E-state index in [9.17, 15) is 9.50 Å². The number of ether oxygens (including phenoxy) is 1. The van der Waals surface area contributed by atoms with Gasteiger partial charge in [0, 0.05) is 11.3 Å². The van der Waals surface area contributed by atoms with Crippen LogP contribution in [-0.4, -0.2) is 10.1 Å². The number of aliphatic hydroxyl groups excluding tert-OH is 1. The quantitative estimate of drug-likeness (QED) is 0.904. The number of halogens is 1. The monoisotopic (exact) mass is 247 g/mol. The Morgan fingerprint density at radius 2 is 2.06 bits per heavy atom. The third-order valence-electron chi connectivity index (χ3n) is 2.55. The van der Waals surface area contributed by atoms with E-state index in [-0.39, 0.29) is 5.75 Å². The summed E-state index contributed by atoms with van der Waals surface area (Å²) in [6.07, 6.45) is 0.724. The Balaban J connectivity index is 2.36. The average molecular weight is 247 g/mol. The van der Waals surface area contributed by atoms with Crippen molar-refractivity contribution >= 4 is 0 Å². The van der Waals surface area contributed by atoms with E-state index in [1.807, 2.05) is 6.92 Å². The van der Waals surface area contributed by atoms with Crippen LogP contribution in [0.3, 0.4) is 0 Å². The van der Waals surface area contributed by atoms with Gasteiger partial charge in [-0.3, -0.25) is 4.98 Å². The van der Waals surface area contributed by atoms with E-state index in [1.165, 1.54) is 18.3 Å². The molecule has 0 saturated carbocycles. The third-order valence-corrected chi connectivity index (χ3v) is 2.55. The minimum Gasteiger partial charge on any atom is -0.452 e. The highest BCUT2D eigenvalue weighted by Crippen LogP contribution is 2.31. The minimum absolute atomic E-state index is 0.0400. The molecule has 1 aromatic carbocycles. The molecule has 0 radical (unpaired) electrons. The molecule has 0 aliphatic carbocycles. The summed E-state index contributed by atoms with van der Waals surface area (Å²) in [7, 11) is 0. The smallest absolute Gasteiger partial charge is 0.168 e. The lowest BCUT2D eigenvalue weighted by Gasteiger charge is -2.13. The first-order chi connectivity index (χ1) is 8.58. The maximum Gasteiger partial charge on any atom is 0.168 e. The Hall–Kier alpha value is -1.94. The molecule has 1 N–H and O–H groups in total. The molecule has 0 saturated heterocycles. The number of pyridine rings is 1. The van der Waals surface area contributed by atoms with Crippen LogP contribution in [0.15, 0.2) is 36.5 Å². The van der Waals surface area contributed by atoms with Gasteiger partial charge in [-0.25, -0.2) is 4.39 Å². The largest absolute Gasteiger partial charge is 0.452 e. The molecule has 1 heterocycles. The van der Waals surface area contributed by atoms with Crippen LogP contribution in [0.2, 0.25) is 0 Å². The minimum atomic E-state index is -0.797. The van der Waals surface area contributed by atoms with Crippen molar-refractivity contribution in [3.8, 4) is 11.5 Å². The molecular weight excluding hydrogens is 233 g/mol. The third kappa shape index (κ3) is 2.65. The summed E-state index contributed by atoms with van der Waals surface area (Å²) < 4.78 is 19.2. The van der Waals surface area contributed by atoms with E-state index in [2.05, 4.69) is 4.98 Å². The van der Waals surface area contributed by atoms with Crippen molar-refractivity contribution in [3.05, 3.63) is 53.6 Å². The summed E-state index contributed by atoms with van der Waals surface area (Å²) in [6, 6.07) is 7.95. The predicted octanol–water partition coefficient (Wildman–Crippen LogP) is 3.37. The SMILES string of the molecule is Cc1ccc(Oc2c(F)cccc2C(C)O)cn1. The number of aryl methyl sites for hydroxylation is 1. The Labute approximate surface area is 105 Å². The number of nitrogens with zero attached hydrogens (tertiary/aromatic N) is 1. The maximum atomic E-state index is 13.7. The van der Waals surface area contributed by atoms with Crippen molar-refractivity contribution in [1.29, 1.82) is 0 Å². The summed E-state index contributed by atoms with van der Waals surface area (Å²) in [5.41, 5.74) is 1.27. The van der Waals surface area contributed by atoms with Gasteiger partial charge in [-0.15, -0.1) is 0 Å². The van der Waals surface area contributed by atoms with E-state index in [0.29, 0.717) is 11.3 Å². The number of para-hydroxylation sites is 1. The molecule has 3 nitrogen and oxygen atoms in total. The first kappa shape index (κ1) is 12.5. The number of benzene rings is 1. The second-order valence-electron chi connectivity index (χ2n) is 4.07. The summed E-state index contributed by atoms with van der Waals surface area (Å²) in [4.78, 5) is 4.07. The highest BCUT2D eigenvalue weighted by Gasteiger charge is 2.14. The van der Waals surface area contributed by atoms with Crippen LogP contribution in [0.4, 0.5) is 4.39 Å². The van der Waals surface area contributed by atoms with Crippen molar-refractivity contribution in [3.63, 3.8) is 0 Å². The van der Waals surface area contributed by atoms with Gasteiger partial charge in [0.25, 0.3) is 0 Å². The molecule has 2 aromatic rings. The van der Waals surface area contributed by atoms with Gasteiger partial charge >= 0.3 is 0 Å². The molecule has 1 atom stereocenters. The van der Waals surface area contributed by atoms with E-state index in [0.717, 1.165) is 5.69 Å². The van der Waals surface area contributed by atoms with Gasteiger partial charge in [-0.05, 0) is 32.0 Å². The van der Waals surface area contributed by atoms with Gasteiger partial charge < -0.3 is 9.84 Å². The van der Waals surface area contributed by atoms with Crippen LogP contribution < -0.4 is 4.74 Å². The number of aromatic nitrogens is 1. The molecule has 0 aliphatic rings. The topological polar surface area (TPSA) is 42.4 Å². The zero-order chi connectivity index (χ0) is 13.1. The summed E-state index contributed by atoms with van der Waals surface area (Å²) in [5.74, 6) is -0.0280. The Kier molecular flexibility index (Phi) is 3.58. The molecule has 0 aliphatic heterocycles. The Bertz CT molecular complexity index is 538. The summed E-state index contributed by atoms with van der Waals surface area (Å²) in [6.45, 7) is 3.42. The van der Waals surface area contributed by atoms with E-state index in [4.69, 9.17) is 4.74 Å². The molecule has 0 fully saturated rings. The summed E-state index contributed by atoms with van der Waals surface area (Å²) >= 11 is 0. The highest BCUT2D eigenvalue weighted by atomic mass is 19.1. The van der Waals surface area contributed by atoms with Crippen LogP contribution in [0.25, 0.3) is 0 Å². The molecule has 1 unspecified atom stereocenters. The zero-order valence-electron chi connectivity index (χ0n) is 10.2. The highest BCUT2D eigenvalue weighted by molar-refractivity contribution is 5.39. The average Bonchev–Trinajstić information content (AvgIpc) is 2.34. The van der Waals surface area contributed by atoms with Crippen molar-refractivity contribution in [2.24, 2.45) is 0 Å². The number of rotatable bonds is 3. The molecule has 18 heavy (non-hydrogen) atoms. The number of hydrogen-bond acceptors (Lipinski definition) is 3. The molecule has 94 valence electrons. The number of hydrogen-bond donors (Lipinski definition) is 1. The Morgan fingerprint density at radius 3 is 2.67 bits per heavy atom. The normalized spacial score (nSPS) is 12.2. The second-order valence-corrected chi connectivity index (χ2v) is 4.07. The zero-order valence-corrected chi connectivity index (χ0v) is 10.2. The van der Waals surface area contributed by atoms with E-state index in [1.54, 1.807) is 25.1 Å². The lowest BCUT2D eigenvalue weighted by molar-refractivity contribution is 0.194. The van der Waals surface area contributed by atoms with Gasteiger partial charge in [0.05, 0.1) is 12.3 Å². The standard InChI is InChI=1S/C14H14FNO2/c1-9-6-7-11(8-16-9)18-14-12(10(2)17)4-3-5-13(14)15/h3-8,10,17H,1-2H3. The van der Waals surface area contributed by atoms with Crippen molar-refractivity contribution in [2.45, 2.75) is 20.0 Å². The van der Waals surface area contributed by atoms with E-state index >= 15 is 0 Å². The maximum absolute atomic E-state index is 13.7. The van der Waals surface area contributed by atoms with Gasteiger partial charge in [0.15, 0.2) is 11.6 Å². The molecule has 0 amide bonds. The van der Waals surface area contributed by atoms with Crippen LogP contribution >= 0.6 is 0 Å². The van der Waals surface area contributed by atoms with Crippen LogP contribution in [0, 0.1) is 12.7 Å². The molecule has 4 heteroatoms. The fourth-order valence-corrected chi connectivity index (χ4v) is 1.59. The van der Waals surface area contributed by atoms with Crippen LogP contribution in [-0.2, 0) is 0 Å².